The first-order valence-electron chi connectivity index (χ1n) is 7.64. The Balaban J connectivity index is 1.84. The molecule has 0 saturated carbocycles. The number of aromatic nitrogens is 2. The Morgan fingerprint density at radius 1 is 1.42 bits per heavy atom. The number of rotatable bonds is 5. The number of carbonyl (C=O) groups excluding carboxylic acids is 1. The van der Waals surface area contributed by atoms with Crippen LogP contribution in [0.3, 0.4) is 0 Å². The van der Waals surface area contributed by atoms with E-state index in [1.54, 1.807) is 12.1 Å². The average molecular weight is 370 g/mol. The van der Waals surface area contributed by atoms with Gasteiger partial charge in [-0.25, -0.2) is 8.42 Å². The number of aliphatic hydroxyl groups excluding tert-OH is 1. The summed E-state index contributed by atoms with van der Waals surface area (Å²) in [5.41, 5.74) is 0.921. The summed E-state index contributed by atoms with van der Waals surface area (Å²) >= 11 is 0.974. The van der Waals surface area contributed by atoms with E-state index < -0.39 is 15.9 Å². The van der Waals surface area contributed by atoms with Gasteiger partial charge in [-0.2, -0.15) is 13.1 Å². The molecule has 130 valence electrons. The summed E-state index contributed by atoms with van der Waals surface area (Å²) in [4.78, 5) is 12.2. The SMILES string of the molecule is O=C(NCCO)[C@@H]1CCCN(S(=O)(=O)c2cccc3nsnc23)C1. The monoisotopic (exact) mass is 370 g/mol. The van der Waals surface area contributed by atoms with Crippen LogP contribution >= 0.6 is 11.7 Å². The van der Waals surface area contributed by atoms with E-state index in [1.807, 2.05) is 0 Å². The highest BCUT2D eigenvalue weighted by Crippen LogP contribution is 2.28. The number of hydrogen-bond acceptors (Lipinski definition) is 7. The van der Waals surface area contributed by atoms with E-state index in [4.69, 9.17) is 5.11 Å². The molecule has 2 aromatic rings. The second kappa shape index (κ2) is 7.09. The molecule has 8 nitrogen and oxygen atoms in total. The molecule has 10 heteroatoms. The molecule has 0 aliphatic carbocycles. The van der Waals surface area contributed by atoms with E-state index in [0.717, 1.165) is 11.7 Å². The first kappa shape index (κ1) is 17.2. The van der Waals surface area contributed by atoms with Crippen molar-refractivity contribution in [1.82, 2.24) is 18.4 Å². The van der Waals surface area contributed by atoms with Crippen LogP contribution in [0, 0.1) is 5.92 Å². The number of aliphatic hydroxyl groups is 1. The molecule has 0 radical (unpaired) electrons. The fourth-order valence-electron chi connectivity index (χ4n) is 2.83. The van der Waals surface area contributed by atoms with Crippen LogP contribution in [0.2, 0.25) is 0 Å². The van der Waals surface area contributed by atoms with Crippen LogP contribution in [0.1, 0.15) is 12.8 Å². The second-order valence-electron chi connectivity index (χ2n) is 5.60. The molecule has 0 spiro atoms. The number of hydrogen-bond donors (Lipinski definition) is 2. The minimum atomic E-state index is -3.74. The molecule has 1 aromatic carbocycles. The van der Waals surface area contributed by atoms with Crippen molar-refractivity contribution in [2.45, 2.75) is 17.7 Å². The van der Waals surface area contributed by atoms with Crippen molar-refractivity contribution in [3.8, 4) is 0 Å². The van der Waals surface area contributed by atoms with Crippen molar-refractivity contribution in [3.05, 3.63) is 18.2 Å². The lowest BCUT2D eigenvalue weighted by Crippen LogP contribution is -2.45. The van der Waals surface area contributed by atoms with Gasteiger partial charge in [0, 0.05) is 19.6 Å². The van der Waals surface area contributed by atoms with E-state index in [-0.39, 0.29) is 30.5 Å². The number of fused-ring (bicyclic) bond motifs is 1. The summed E-state index contributed by atoms with van der Waals surface area (Å²) in [7, 11) is -3.74. The lowest BCUT2D eigenvalue weighted by Gasteiger charge is -2.31. The highest BCUT2D eigenvalue weighted by atomic mass is 32.2. The fraction of sp³-hybridized carbons (Fsp3) is 0.500. The van der Waals surface area contributed by atoms with Crippen LogP contribution in [0.5, 0.6) is 0 Å². The van der Waals surface area contributed by atoms with E-state index in [2.05, 4.69) is 14.1 Å². The van der Waals surface area contributed by atoms with E-state index in [1.165, 1.54) is 10.4 Å². The van der Waals surface area contributed by atoms with Crippen molar-refractivity contribution < 1.29 is 18.3 Å². The summed E-state index contributed by atoms with van der Waals surface area (Å²) in [5, 5.41) is 11.4. The maximum atomic E-state index is 13.0. The second-order valence-corrected chi connectivity index (χ2v) is 8.04. The molecule has 1 aliphatic rings. The third-order valence-corrected chi connectivity index (χ3v) is 6.47. The molecule has 1 saturated heterocycles. The van der Waals surface area contributed by atoms with Gasteiger partial charge in [0.25, 0.3) is 0 Å². The van der Waals surface area contributed by atoms with Crippen LogP contribution in [-0.2, 0) is 14.8 Å². The molecule has 1 amide bonds. The zero-order chi connectivity index (χ0) is 17.2. The normalized spacial score (nSPS) is 19.5. The minimum Gasteiger partial charge on any atom is -0.395 e. The number of amides is 1. The molecule has 2 N–H and O–H groups in total. The van der Waals surface area contributed by atoms with E-state index in [0.29, 0.717) is 30.4 Å². The Morgan fingerprint density at radius 3 is 3.04 bits per heavy atom. The maximum absolute atomic E-state index is 13.0. The predicted molar refractivity (Wildman–Crippen MR) is 89.0 cm³/mol. The van der Waals surface area contributed by atoms with Crippen molar-refractivity contribution in [2.24, 2.45) is 5.92 Å². The summed E-state index contributed by atoms with van der Waals surface area (Å²) in [6.07, 6.45) is 1.24. The molecule has 1 atom stereocenters. The summed E-state index contributed by atoms with van der Waals surface area (Å²) < 4.78 is 35.5. The van der Waals surface area contributed by atoms with Gasteiger partial charge >= 0.3 is 0 Å². The van der Waals surface area contributed by atoms with Gasteiger partial charge in [-0.15, -0.1) is 0 Å². The van der Waals surface area contributed by atoms with Crippen LogP contribution in [0.4, 0.5) is 0 Å². The quantitative estimate of drug-likeness (QED) is 0.777. The summed E-state index contributed by atoms with van der Waals surface area (Å²) in [6.45, 7) is 0.540. The Morgan fingerprint density at radius 2 is 2.25 bits per heavy atom. The van der Waals surface area contributed by atoms with Crippen molar-refractivity contribution in [1.29, 1.82) is 0 Å². The smallest absolute Gasteiger partial charge is 0.245 e. The Labute approximate surface area is 143 Å². The van der Waals surface area contributed by atoms with Crippen molar-refractivity contribution in [3.63, 3.8) is 0 Å². The van der Waals surface area contributed by atoms with E-state index in [9.17, 15) is 13.2 Å². The van der Waals surface area contributed by atoms with Crippen LogP contribution < -0.4 is 5.32 Å². The van der Waals surface area contributed by atoms with Gasteiger partial charge in [-0.05, 0) is 25.0 Å². The lowest BCUT2D eigenvalue weighted by molar-refractivity contribution is -0.126. The molecule has 1 fully saturated rings. The number of benzene rings is 1. The number of carbonyl (C=O) groups is 1. The third-order valence-electron chi connectivity index (χ3n) is 4.03. The predicted octanol–water partition coefficient (Wildman–Crippen LogP) is 0.200. The maximum Gasteiger partial charge on any atom is 0.245 e. The zero-order valence-corrected chi connectivity index (χ0v) is 14.5. The standard InChI is InChI=1S/C14H18N4O4S2/c19-8-6-15-14(20)10-3-2-7-18(9-10)24(21,22)12-5-1-4-11-13(12)17-23-16-11/h1,4-5,10,19H,2-3,6-9H2,(H,15,20)/t10-/m1/s1. The molecular formula is C14H18N4O4S2. The lowest BCUT2D eigenvalue weighted by atomic mass is 9.99. The van der Waals surface area contributed by atoms with Gasteiger partial charge < -0.3 is 10.4 Å². The summed E-state index contributed by atoms with van der Waals surface area (Å²) in [5.74, 6) is -0.634. The number of nitrogens with zero attached hydrogens (tertiary/aromatic N) is 3. The largest absolute Gasteiger partial charge is 0.395 e. The molecule has 3 rings (SSSR count). The first-order chi connectivity index (χ1) is 11.5. The molecule has 24 heavy (non-hydrogen) atoms. The number of nitrogens with one attached hydrogen (secondary N) is 1. The van der Waals surface area contributed by atoms with Crippen LogP contribution in [0.15, 0.2) is 23.1 Å². The van der Waals surface area contributed by atoms with Crippen molar-refractivity contribution in [2.75, 3.05) is 26.2 Å². The molecule has 2 heterocycles. The third kappa shape index (κ3) is 3.27. The van der Waals surface area contributed by atoms with Crippen LogP contribution in [-0.4, -0.2) is 58.7 Å². The topological polar surface area (TPSA) is 112 Å². The highest BCUT2D eigenvalue weighted by Gasteiger charge is 2.34. The zero-order valence-electron chi connectivity index (χ0n) is 12.9. The highest BCUT2D eigenvalue weighted by molar-refractivity contribution is 7.89. The van der Waals surface area contributed by atoms with Gasteiger partial charge in [0.2, 0.25) is 15.9 Å². The molecule has 1 aromatic heterocycles. The molecule has 0 unspecified atom stereocenters. The van der Waals surface area contributed by atoms with Gasteiger partial charge in [0.1, 0.15) is 15.9 Å². The Hall–Kier alpha value is -1.62. The van der Waals surface area contributed by atoms with Gasteiger partial charge in [0.05, 0.1) is 24.3 Å². The molecule has 1 aliphatic heterocycles. The van der Waals surface area contributed by atoms with Crippen molar-refractivity contribution >= 4 is 38.7 Å². The van der Waals surface area contributed by atoms with Gasteiger partial charge in [-0.1, -0.05) is 6.07 Å². The van der Waals surface area contributed by atoms with Gasteiger partial charge in [-0.3, -0.25) is 4.79 Å². The van der Waals surface area contributed by atoms with E-state index >= 15 is 0 Å². The number of sulfonamides is 1. The number of piperidine rings is 1. The van der Waals surface area contributed by atoms with Crippen LogP contribution in [0.25, 0.3) is 11.0 Å². The molecular weight excluding hydrogens is 352 g/mol. The first-order valence-corrected chi connectivity index (χ1v) is 9.81. The Kier molecular flexibility index (Phi) is 5.09. The molecule has 0 bridgehead atoms. The average Bonchev–Trinajstić information content (AvgIpc) is 3.08. The minimum absolute atomic E-state index is 0.130. The summed E-state index contributed by atoms with van der Waals surface area (Å²) in [6, 6.07) is 4.89. The fourth-order valence-corrected chi connectivity index (χ4v) is 5.10. The van der Waals surface area contributed by atoms with Gasteiger partial charge in [0.15, 0.2) is 0 Å². The Bertz CT molecular complexity index is 836.